The lowest BCUT2D eigenvalue weighted by atomic mass is 9.98. The summed E-state index contributed by atoms with van der Waals surface area (Å²) >= 11 is 2.43. The first-order chi connectivity index (χ1) is 9.75. The molecule has 0 aliphatic heterocycles. The molecule has 3 rings (SSSR count). The number of halogens is 1. The van der Waals surface area contributed by atoms with Crippen LogP contribution in [0.5, 0.6) is 0 Å². The predicted octanol–water partition coefficient (Wildman–Crippen LogP) is 5.93. The van der Waals surface area contributed by atoms with Gasteiger partial charge in [0, 0.05) is 3.57 Å². The molecule has 0 aliphatic rings. The van der Waals surface area contributed by atoms with Crippen LogP contribution < -0.4 is 0 Å². The molecule has 0 N–H and O–H groups in total. The summed E-state index contributed by atoms with van der Waals surface area (Å²) in [6.45, 7) is 2.16. The summed E-state index contributed by atoms with van der Waals surface area (Å²) in [6, 6.07) is 25.8. The number of rotatable bonds is 2. The highest BCUT2D eigenvalue weighted by Gasteiger charge is 2.06. The molecule has 0 heterocycles. The Kier molecular flexibility index (Phi) is 3.88. The Bertz CT molecular complexity index is 730. The normalized spacial score (nSPS) is 10.5. The van der Waals surface area contributed by atoms with Gasteiger partial charge in [-0.3, -0.25) is 0 Å². The van der Waals surface area contributed by atoms with Crippen LogP contribution in [0.4, 0.5) is 0 Å². The van der Waals surface area contributed by atoms with Crippen molar-refractivity contribution in [3.05, 3.63) is 81.9 Å². The van der Waals surface area contributed by atoms with Crippen LogP contribution in [-0.2, 0) is 0 Å². The number of benzene rings is 3. The summed E-state index contributed by atoms with van der Waals surface area (Å²) in [6.07, 6.45) is 0. The van der Waals surface area contributed by atoms with Gasteiger partial charge in [0.25, 0.3) is 0 Å². The molecular formula is C19H15I. The van der Waals surface area contributed by atoms with E-state index >= 15 is 0 Å². The van der Waals surface area contributed by atoms with E-state index in [0.29, 0.717) is 0 Å². The topological polar surface area (TPSA) is 0 Å². The van der Waals surface area contributed by atoms with E-state index in [1.807, 2.05) is 0 Å². The molecule has 0 fully saturated rings. The molecule has 1 heteroatoms. The molecule has 3 aromatic carbocycles. The summed E-state index contributed by atoms with van der Waals surface area (Å²) in [5.74, 6) is 0. The minimum Gasteiger partial charge on any atom is -0.0622 e. The van der Waals surface area contributed by atoms with Gasteiger partial charge in [0.05, 0.1) is 0 Å². The highest BCUT2D eigenvalue weighted by atomic mass is 127. The molecule has 0 spiro atoms. The van der Waals surface area contributed by atoms with Crippen LogP contribution in [0, 0.1) is 10.5 Å². The van der Waals surface area contributed by atoms with Crippen LogP contribution in [-0.4, -0.2) is 0 Å². The van der Waals surface area contributed by atoms with Crippen LogP contribution in [0.1, 0.15) is 5.56 Å². The molecule has 0 atom stereocenters. The lowest BCUT2D eigenvalue weighted by Gasteiger charge is -2.10. The number of hydrogen-bond donors (Lipinski definition) is 0. The number of hydrogen-bond acceptors (Lipinski definition) is 0. The maximum atomic E-state index is 2.43. The Morgan fingerprint density at radius 3 is 2.05 bits per heavy atom. The molecule has 98 valence electrons. The first-order valence-corrected chi connectivity index (χ1v) is 7.74. The molecule has 0 radical (unpaired) electrons. The highest BCUT2D eigenvalue weighted by Crippen LogP contribution is 2.31. The predicted molar refractivity (Wildman–Crippen MR) is 94.8 cm³/mol. The van der Waals surface area contributed by atoms with Gasteiger partial charge in [0.2, 0.25) is 0 Å². The van der Waals surface area contributed by atoms with Gasteiger partial charge in [-0.25, -0.2) is 0 Å². The van der Waals surface area contributed by atoms with Crippen molar-refractivity contribution in [3.8, 4) is 22.3 Å². The molecular weight excluding hydrogens is 355 g/mol. The second-order valence-corrected chi connectivity index (χ2v) is 6.04. The van der Waals surface area contributed by atoms with Gasteiger partial charge >= 0.3 is 0 Å². The van der Waals surface area contributed by atoms with E-state index in [1.165, 1.54) is 31.4 Å². The van der Waals surface area contributed by atoms with E-state index in [9.17, 15) is 0 Å². The summed E-state index contributed by atoms with van der Waals surface area (Å²) in [5, 5.41) is 0. The quantitative estimate of drug-likeness (QED) is 0.490. The van der Waals surface area contributed by atoms with Gasteiger partial charge in [-0.15, -0.1) is 0 Å². The smallest absolute Gasteiger partial charge is 0.0214 e. The molecule has 0 bridgehead atoms. The third-order valence-corrected chi connectivity index (χ3v) is 4.40. The van der Waals surface area contributed by atoms with Gasteiger partial charge in [-0.05, 0) is 63.4 Å². The van der Waals surface area contributed by atoms with E-state index in [-0.39, 0.29) is 0 Å². The average Bonchev–Trinajstić information content (AvgIpc) is 2.48. The van der Waals surface area contributed by atoms with Crippen LogP contribution in [0.15, 0.2) is 72.8 Å². The fourth-order valence-electron chi connectivity index (χ4n) is 2.43. The van der Waals surface area contributed by atoms with E-state index in [0.717, 1.165) is 0 Å². The van der Waals surface area contributed by atoms with Crippen LogP contribution in [0.2, 0.25) is 0 Å². The van der Waals surface area contributed by atoms with E-state index < -0.39 is 0 Å². The Morgan fingerprint density at radius 1 is 0.650 bits per heavy atom. The van der Waals surface area contributed by atoms with Gasteiger partial charge in [-0.2, -0.15) is 0 Å². The molecule has 0 saturated carbocycles. The van der Waals surface area contributed by atoms with E-state index in [4.69, 9.17) is 0 Å². The van der Waals surface area contributed by atoms with Crippen molar-refractivity contribution in [2.75, 3.05) is 0 Å². The summed E-state index contributed by atoms with van der Waals surface area (Å²) in [7, 11) is 0. The van der Waals surface area contributed by atoms with Gasteiger partial charge in [0.15, 0.2) is 0 Å². The van der Waals surface area contributed by atoms with Crippen molar-refractivity contribution in [2.24, 2.45) is 0 Å². The molecule has 0 aromatic heterocycles. The second-order valence-electron chi connectivity index (χ2n) is 4.88. The molecule has 0 unspecified atom stereocenters. The van der Waals surface area contributed by atoms with E-state index in [2.05, 4.69) is 102 Å². The van der Waals surface area contributed by atoms with Crippen molar-refractivity contribution in [2.45, 2.75) is 6.92 Å². The third-order valence-electron chi connectivity index (χ3n) is 3.51. The van der Waals surface area contributed by atoms with Gasteiger partial charge in [-0.1, -0.05) is 66.7 Å². The molecule has 3 aromatic rings. The fraction of sp³-hybridized carbons (Fsp3) is 0.0526. The SMILES string of the molecule is Cc1ccccc1-c1ccc(-c2ccccc2)c(I)c1. The first kappa shape index (κ1) is 13.4. The Hall–Kier alpha value is -1.61. The molecule has 0 nitrogen and oxygen atoms in total. The van der Waals surface area contributed by atoms with Gasteiger partial charge < -0.3 is 0 Å². The minimum atomic E-state index is 1.27. The van der Waals surface area contributed by atoms with Crippen LogP contribution in [0.3, 0.4) is 0 Å². The Balaban J connectivity index is 2.07. The van der Waals surface area contributed by atoms with Crippen molar-refractivity contribution in [1.29, 1.82) is 0 Å². The summed E-state index contributed by atoms with van der Waals surface area (Å²) in [4.78, 5) is 0. The Labute approximate surface area is 133 Å². The zero-order valence-electron chi connectivity index (χ0n) is 11.3. The minimum absolute atomic E-state index is 1.27. The average molecular weight is 370 g/mol. The maximum absolute atomic E-state index is 2.43. The molecule has 0 saturated heterocycles. The van der Waals surface area contributed by atoms with Crippen molar-refractivity contribution in [3.63, 3.8) is 0 Å². The second kappa shape index (κ2) is 5.80. The standard InChI is InChI=1S/C19H15I/c1-14-7-5-6-10-17(14)16-11-12-18(19(20)13-16)15-8-3-2-4-9-15/h2-13H,1H3. The molecule has 0 aliphatic carbocycles. The largest absolute Gasteiger partial charge is 0.0622 e. The maximum Gasteiger partial charge on any atom is 0.0214 e. The van der Waals surface area contributed by atoms with Crippen molar-refractivity contribution >= 4 is 22.6 Å². The highest BCUT2D eigenvalue weighted by molar-refractivity contribution is 14.1. The lowest BCUT2D eigenvalue weighted by Crippen LogP contribution is -1.87. The molecule has 0 amide bonds. The van der Waals surface area contributed by atoms with Gasteiger partial charge in [0.1, 0.15) is 0 Å². The van der Waals surface area contributed by atoms with Crippen molar-refractivity contribution in [1.82, 2.24) is 0 Å². The first-order valence-electron chi connectivity index (χ1n) is 6.67. The lowest BCUT2D eigenvalue weighted by molar-refractivity contribution is 1.45. The van der Waals surface area contributed by atoms with E-state index in [1.54, 1.807) is 0 Å². The fourth-order valence-corrected chi connectivity index (χ4v) is 3.26. The van der Waals surface area contributed by atoms with Crippen molar-refractivity contribution < 1.29 is 0 Å². The summed E-state index contributed by atoms with van der Waals surface area (Å²) < 4.78 is 1.29. The zero-order valence-corrected chi connectivity index (χ0v) is 13.5. The van der Waals surface area contributed by atoms with Crippen LogP contribution in [0.25, 0.3) is 22.3 Å². The molecule has 20 heavy (non-hydrogen) atoms. The third kappa shape index (κ3) is 2.63. The number of aryl methyl sites for hydroxylation is 1. The summed E-state index contributed by atoms with van der Waals surface area (Å²) in [5.41, 5.74) is 6.48. The Morgan fingerprint density at radius 2 is 1.35 bits per heavy atom. The zero-order chi connectivity index (χ0) is 13.9. The monoisotopic (exact) mass is 370 g/mol. The van der Waals surface area contributed by atoms with Crippen LogP contribution >= 0.6 is 22.6 Å².